The maximum atomic E-state index is 12.7. The van der Waals surface area contributed by atoms with E-state index in [0.717, 1.165) is 38.6 Å². The molecule has 0 aromatic carbocycles. The molecule has 0 unspecified atom stereocenters. The van der Waals surface area contributed by atoms with Gasteiger partial charge in [-0.25, -0.2) is 5.43 Å². The van der Waals surface area contributed by atoms with Crippen molar-refractivity contribution in [1.29, 1.82) is 0 Å². The first kappa shape index (κ1) is 16.9. The Labute approximate surface area is 142 Å². The highest BCUT2D eigenvalue weighted by molar-refractivity contribution is 6.39. The van der Waals surface area contributed by atoms with E-state index < -0.39 is 0 Å². The molecule has 1 aliphatic carbocycles. The first-order chi connectivity index (χ1) is 11.6. The largest absolute Gasteiger partial charge is 0.341 e. The van der Waals surface area contributed by atoms with Crippen LogP contribution < -0.4 is 5.43 Å². The van der Waals surface area contributed by atoms with Gasteiger partial charge in [-0.05, 0) is 19.3 Å². The van der Waals surface area contributed by atoms with E-state index in [0.29, 0.717) is 38.2 Å². The van der Waals surface area contributed by atoms with Crippen molar-refractivity contribution in [3.8, 4) is 0 Å². The third kappa shape index (κ3) is 3.94. The molecule has 7 nitrogen and oxygen atoms in total. The molecule has 132 valence electrons. The number of hydrogen-bond donors (Lipinski definition) is 1. The van der Waals surface area contributed by atoms with Crippen LogP contribution in [0.1, 0.15) is 51.4 Å². The second-order valence-electron chi connectivity index (χ2n) is 6.90. The molecule has 1 saturated carbocycles. The van der Waals surface area contributed by atoms with Gasteiger partial charge in [0.15, 0.2) is 0 Å². The van der Waals surface area contributed by atoms with Gasteiger partial charge in [0.25, 0.3) is 5.91 Å². The highest BCUT2D eigenvalue weighted by atomic mass is 16.2. The number of hydrogen-bond acceptors (Lipinski definition) is 4. The van der Waals surface area contributed by atoms with Crippen molar-refractivity contribution in [2.24, 2.45) is 11.0 Å². The Morgan fingerprint density at radius 2 is 1.62 bits per heavy atom. The Hall–Kier alpha value is -1.92. The highest BCUT2D eigenvalue weighted by Gasteiger charge is 2.30. The number of carbonyl (C=O) groups is 3. The number of carbonyl (C=O) groups excluding carboxylic acids is 3. The minimum atomic E-state index is -0.147. The van der Waals surface area contributed by atoms with Gasteiger partial charge in [0.05, 0.1) is 0 Å². The maximum Gasteiger partial charge on any atom is 0.270 e. The topological polar surface area (TPSA) is 82.1 Å². The minimum Gasteiger partial charge on any atom is -0.341 e. The Bertz CT molecular complexity index is 540. The summed E-state index contributed by atoms with van der Waals surface area (Å²) in [7, 11) is 0. The molecule has 0 radical (unpaired) electrons. The molecule has 3 rings (SSSR count). The van der Waals surface area contributed by atoms with Gasteiger partial charge in [0, 0.05) is 44.9 Å². The summed E-state index contributed by atoms with van der Waals surface area (Å²) in [5.41, 5.74) is 2.79. The van der Waals surface area contributed by atoms with Crippen LogP contribution in [0.15, 0.2) is 5.10 Å². The molecule has 1 saturated heterocycles. The van der Waals surface area contributed by atoms with Gasteiger partial charge in [-0.2, -0.15) is 5.10 Å². The molecular weight excluding hydrogens is 308 g/mol. The Balaban J connectivity index is 1.55. The average molecular weight is 334 g/mol. The summed E-state index contributed by atoms with van der Waals surface area (Å²) < 4.78 is 0. The quantitative estimate of drug-likeness (QED) is 0.814. The SMILES string of the molecule is O=C1CCC(C(=O)N2CCCN(C(=O)C3CCCCC3)CC2)=NN1. The normalized spacial score (nSPS) is 23.3. The van der Waals surface area contributed by atoms with E-state index in [1.807, 2.05) is 4.90 Å². The molecule has 2 fully saturated rings. The summed E-state index contributed by atoms with van der Waals surface area (Å²) in [5, 5.41) is 3.89. The molecule has 0 aromatic heterocycles. The van der Waals surface area contributed by atoms with Crippen molar-refractivity contribution in [3.05, 3.63) is 0 Å². The van der Waals surface area contributed by atoms with E-state index in [1.165, 1.54) is 6.42 Å². The molecule has 7 heteroatoms. The van der Waals surface area contributed by atoms with E-state index in [1.54, 1.807) is 4.90 Å². The van der Waals surface area contributed by atoms with Crippen molar-refractivity contribution in [1.82, 2.24) is 15.2 Å². The van der Waals surface area contributed by atoms with Gasteiger partial charge in [-0.15, -0.1) is 0 Å². The third-order valence-electron chi connectivity index (χ3n) is 5.20. The second-order valence-corrected chi connectivity index (χ2v) is 6.90. The van der Waals surface area contributed by atoms with Gasteiger partial charge in [-0.1, -0.05) is 19.3 Å². The van der Waals surface area contributed by atoms with Gasteiger partial charge in [0.1, 0.15) is 5.71 Å². The number of nitrogens with zero attached hydrogens (tertiary/aromatic N) is 3. The van der Waals surface area contributed by atoms with Crippen LogP contribution in [0.2, 0.25) is 0 Å². The summed E-state index contributed by atoms with van der Waals surface area (Å²) >= 11 is 0. The van der Waals surface area contributed by atoms with Gasteiger partial charge in [-0.3, -0.25) is 14.4 Å². The van der Waals surface area contributed by atoms with E-state index in [4.69, 9.17) is 0 Å². The zero-order valence-electron chi connectivity index (χ0n) is 14.1. The Morgan fingerprint density at radius 1 is 0.917 bits per heavy atom. The predicted molar refractivity (Wildman–Crippen MR) is 89.2 cm³/mol. The molecule has 24 heavy (non-hydrogen) atoms. The standard InChI is InChI=1S/C17H26N4O3/c22-15-8-7-14(18-19-15)17(24)21-10-4-9-20(11-12-21)16(23)13-5-2-1-3-6-13/h13H,1-12H2,(H,19,22). The van der Waals surface area contributed by atoms with Crippen LogP contribution in [0.4, 0.5) is 0 Å². The molecule has 0 bridgehead atoms. The molecule has 0 spiro atoms. The summed E-state index contributed by atoms with van der Waals surface area (Å²) in [6.45, 7) is 2.51. The van der Waals surface area contributed by atoms with Crippen molar-refractivity contribution in [2.75, 3.05) is 26.2 Å². The van der Waals surface area contributed by atoms with Crippen LogP contribution in [0.25, 0.3) is 0 Å². The number of hydrazone groups is 1. The van der Waals surface area contributed by atoms with Crippen LogP contribution in [0.3, 0.4) is 0 Å². The van der Waals surface area contributed by atoms with Crippen LogP contribution in [0, 0.1) is 5.92 Å². The summed E-state index contributed by atoms with van der Waals surface area (Å²) in [5.74, 6) is 0.193. The van der Waals surface area contributed by atoms with Gasteiger partial charge in [0.2, 0.25) is 11.8 Å². The lowest BCUT2D eigenvalue weighted by Gasteiger charge is -2.28. The van der Waals surface area contributed by atoms with Crippen LogP contribution in [0.5, 0.6) is 0 Å². The van der Waals surface area contributed by atoms with Crippen molar-refractivity contribution in [2.45, 2.75) is 51.4 Å². The molecule has 3 aliphatic rings. The lowest BCUT2D eigenvalue weighted by atomic mass is 9.88. The van der Waals surface area contributed by atoms with E-state index in [2.05, 4.69) is 10.5 Å². The van der Waals surface area contributed by atoms with Crippen LogP contribution in [-0.4, -0.2) is 59.4 Å². The molecule has 1 N–H and O–H groups in total. The summed E-state index contributed by atoms with van der Waals surface area (Å²) in [6, 6.07) is 0. The van der Waals surface area contributed by atoms with Gasteiger partial charge >= 0.3 is 0 Å². The third-order valence-corrected chi connectivity index (χ3v) is 5.20. The average Bonchev–Trinajstić information content (AvgIpc) is 2.88. The summed E-state index contributed by atoms with van der Waals surface area (Å²) in [6.07, 6.45) is 7.06. The number of rotatable bonds is 2. The van der Waals surface area contributed by atoms with Crippen molar-refractivity contribution in [3.63, 3.8) is 0 Å². The fourth-order valence-electron chi connectivity index (χ4n) is 3.76. The first-order valence-corrected chi connectivity index (χ1v) is 9.08. The maximum absolute atomic E-state index is 12.7. The first-order valence-electron chi connectivity index (χ1n) is 9.08. The van der Waals surface area contributed by atoms with E-state index >= 15 is 0 Å². The van der Waals surface area contributed by atoms with Crippen LogP contribution >= 0.6 is 0 Å². The molecule has 0 atom stereocenters. The van der Waals surface area contributed by atoms with Crippen LogP contribution in [-0.2, 0) is 14.4 Å². The Kier molecular flexibility index (Phi) is 5.48. The highest BCUT2D eigenvalue weighted by Crippen LogP contribution is 2.25. The molecule has 0 aromatic rings. The second kappa shape index (κ2) is 7.77. The molecule has 2 aliphatic heterocycles. The molecular formula is C17H26N4O3. The number of nitrogens with one attached hydrogen (secondary N) is 1. The predicted octanol–water partition coefficient (Wildman–Crippen LogP) is 0.894. The summed E-state index contributed by atoms with van der Waals surface area (Å²) in [4.78, 5) is 40.1. The van der Waals surface area contributed by atoms with Crippen molar-refractivity contribution >= 4 is 23.4 Å². The monoisotopic (exact) mass is 334 g/mol. The van der Waals surface area contributed by atoms with Crippen molar-refractivity contribution < 1.29 is 14.4 Å². The van der Waals surface area contributed by atoms with E-state index in [-0.39, 0.29) is 23.6 Å². The number of amides is 3. The molecule has 2 heterocycles. The zero-order chi connectivity index (χ0) is 16.9. The fourth-order valence-corrected chi connectivity index (χ4v) is 3.76. The van der Waals surface area contributed by atoms with E-state index in [9.17, 15) is 14.4 Å². The zero-order valence-corrected chi connectivity index (χ0v) is 14.1. The minimum absolute atomic E-state index is 0.109. The smallest absolute Gasteiger partial charge is 0.270 e. The fraction of sp³-hybridized carbons (Fsp3) is 0.765. The lowest BCUT2D eigenvalue weighted by Crippen LogP contribution is -2.43. The lowest BCUT2D eigenvalue weighted by molar-refractivity contribution is -0.136. The van der Waals surface area contributed by atoms with Gasteiger partial charge < -0.3 is 9.80 Å². The molecule has 3 amide bonds. The Morgan fingerprint density at radius 3 is 2.33 bits per heavy atom.